The van der Waals surface area contributed by atoms with E-state index in [4.69, 9.17) is 9.47 Å². The van der Waals surface area contributed by atoms with E-state index in [1.54, 1.807) is 0 Å². The molecule has 26 heavy (non-hydrogen) atoms. The Kier molecular flexibility index (Phi) is 14.1. The molecule has 5 nitrogen and oxygen atoms in total. The maximum atomic E-state index is 9.95. The van der Waals surface area contributed by atoms with Gasteiger partial charge in [0.1, 0.15) is 24.4 Å². The van der Waals surface area contributed by atoms with E-state index in [9.17, 15) is 15.3 Å². The molecule has 0 radical (unpaired) electrons. The number of ether oxygens (including phenoxy) is 2. The van der Waals surface area contributed by atoms with Crippen LogP contribution in [0, 0.1) is 0 Å². The first-order valence-corrected chi connectivity index (χ1v) is 10.6. The molecular formula is C21H40O5. The summed E-state index contributed by atoms with van der Waals surface area (Å²) in [6.45, 7) is 2.41. The van der Waals surface area contributed by atoms with Crippen molar-refractivity contribution in [3.8, 4) is 0 Å². The fraction of sp³-hybridized carbons (Fsp3) is 0.905. The van der Waals surface area contributed by atoms with Crippen LogP contribution in [-0.4, -0.2) is 59.6 Å². The van der Waals surface area contributed by atoms with E-state index >= 15 is 0 Å². The molecule has 0 amide bonds. The Morgan fingerprint density at radius 2 is 1.54 bits per heavy atom. The molecule has 0 aromatic carbocycles. The van der Waals surface area contributed by atoms with Crippen LogP contribution in [0.5, 0.6) is 0 Å². The summed E-state index contributed by atoms with van der Waals surface area (Å²) in [5, 5.41) is 28.8. The van der Waals surface area contributed by atoms with Crippen LogP contribution < -0.4 is 0 Å². The normalized spacial score (nSPS) is 26.6. The van der Waals surface area contributed by atoms with E-state index in [2.05, 4.69) is 13.0 Å². The summed E-state index contributed by atoms with van der Waals surface area (Å²) in [5.41, 5.74) is 0. The molecule has 154 valence electrons. The minimum absolute atomic E-state index is 0.0286. The molecule has 1 rings (SSSR count). The van der Waals surface area contributed by atoms with Gasteiger partial charge in [-0.25, -0.2) is 0 Å². The van der Waals surface area contributed by atoms with Gasteiger partial charge in [0.25, 0.3) is 0 Å². The first-order chi connectivity index (χ1) is 12.7. The molecule has 0 saturated carbocycles. The van der Waals surface area contributed by atoms with Crippen LogP contribution in [0.2, 0.25) is 0 Å². The third kappa shape index (κ3) is 10.0. The van der Waals surface area contributed by atoms with Crippen LogP contribution in [0.15, 0.2) is 12.2 Å². The van der Waals surface area contributed by atoms with Crippen molar-refractivity contribution in [3.63, 3.8) is 0 Å². The lowest BCUT2D eigenvalue weighted by molar-refractivity contribution is -0.208. The van der Waals surface area contributed by atoms with Gasteiger partial charge >= 0.3 is 0 Å². The van der Waals surface area contributed by atoms with Gasteiger partial charge in [-0.1, -0.05) is 76.9 Å². The maximum Gasteiger partial charge on any atom is 0.115 e. The van der Waals surface area contributed by atoms with Crippen LogP contribution in [0.1, 0.15) is 77.6 Å². The summed E-state index contributed by atoms with van der Waals surface area (Å²) in [6, 6.07) is 0. The van der Waals surface area contributed by atoms with E-state index in [-0.39, 0.29) is 13.2 Å². The molecule has 0 spiro atoms. The van der Waals surface area contributed by atoms with Crippen LogP contribution in [0.3, 0.4) is 0 Å². The van der Waals surface area contributed by atoms with E-state index in [1.165, 1.54) is 64.2 Å². The third-order valence-electron chi connectivity index (χ3n) is 5.03. The highest BCUT2D eigenvalue weighted by atomic mass is 16.6. The van der Waals surface area contributed by atoms with Crippen molar-refractivity contribution in [1.82, 2.24) is 0 Å². The van der Waals surface area contributed by atoms with Crippen molar-refractivity contribution >= 4 is 0 Å². The highest BCUT2D eigenvalue weighted by molar-refractivity contribution is 4.89. The smallest absolute Gasteiger partial charge is 0.115 e. The van der Waals surface area contributed by atoms with E-state index < -0.39 is 24.4 Å². The number of hydrogen-bond acceptors (Lipinski definition) is 5. The lowest BCUT2D eigenvalue weighted by atomic mass is 10.0. The number of aliphatic hydroxyl groups excluding tert-OH is 3. The second kappa shape index (κ2) is 15.6. The molecule has 1 aliphatic rings. The summed E-state index contributed by atoms with van der Waals surface area (Å²) in [4.78, 5) is 0. The van der Waals surface area contributed by atoms with Crippen molar-refractivity contribution in [2.45, 2.75) is 102 Å². The van der Waals surface area contributed by atoms with Crippen molar-refractivity contribution in [3.05, 3.63) is 12.2 Å². The predicted molar refractivity (Wildman–Crippen MR) is 104 cm³/mol. The fourth-order valence-electron chi connectivity index (χ4n) is 3.32. The van der Waals surface area contributed by atoms with Crippen LogP contribution >= 0.6 is 0 Å². The molecule has 1 fully saturated rings. The zero-order valence-electron chi connectivity index (χ0n) is 16.5. The maximum absolute atomic E-state index is 9.95. The molecule has 0 bridgehead atoms. The van der Waals surface area contributed by atoms with Crippen LogP contribution in [-0.2, 0) is 9.47 Å². The molecule has 0 aliphatic carbocycles. The number of rotatable bonds is 15. The predicted octanol–water partition coefficient (Wildman–Crippen LogP) is 3.35. The van der Waals surface area contributed by atoms with Gasteiger partial charge in [0.2, 0.25) is 0 Å². The van der Waals surface area contributed by atoms with Crippen molar-refractivity contribution in [2.24, 2.45) is 0 Å². The molecule has 5 heteroatoms. The average Bonchev–Trinajstić information content (AvgIpc) is 2.65. The third-order valence-corrected chi connectivity index (χ3v) is 5.03. The molecule has 0 aromatic heterocycles. The second-order valence-corrected chi connectivity index (χ2v) is 7.35. The van der Waals surface area contributed by atoms with E-state index in [1.807, 2.05) is 6.08 Å². The van der Waals surface area contributed by atoms with E-state index in [0.29, 0.717) is 6.61 Å². The van der Waals surface area contributed by atoms with Crippen molar-refractivity contribution < 1.29 is 24.8 Å². The van der Waals surface area contributed by atoms with Gasteiger partial charge in [-0.15, -0.1) is 0 Å². The lowest BCUT2D eigenvalue weighted by Gasteiger charge is -2.37. The topological polar surface area (TPSA) is 79.2 Å². The SMILES string of the molecule is CCCCCCCCCCCC/C=C/CO[C@@H]1[C@@H](O)[C@H](O)CO[C@H]1CO. The zero-order chi connectivity index (χ0) is 19.0. The summed E-state index contributed by atoms with van der Waals surface area (Å²) < 4.78 is 10.9. The summed E-state index contributed by atoms with van der Waals surface area (Å²) in [6.07, 6.45) is 15.2. The van der Waals surface area contributed by atoms with Crippen LogP contribution in [0.25, 0.3) is 0 Å². The fourth-order valence-corrected chi connectivity index (χ4v) is 3.32. The Balaban J connectivity index is 1.97. The Bertz CT molecular complexity index is 345. The van der Waals surface area contributed by atoms with Crippen molar-refractivity contribution in [2.75, 3.05) is 19.8 Å². The van der Waals surface area contributed by atoms with E-state index in [0.717, 1.165) is 6.42 Å². The standard InChI is InChI=1S/C21H40O5/c1-2-3-4-5-6-7-8-9-10-11-12-13-14-15-25-21-19(16-22)26-17-18(23)20(21)24/h13-14,18-24H,2-12,15-17H2,1H3/b14-13+/t18-,19+,20+,21+/m1/s1. The first-order valence-electron chi connectivity index (χ1n) is 10.6. The van der Waals surface area contributed by atoms with Crippen LogP contribution in [0.4, 0.5) is 0 Å². The first kappa shape index (κ1) is 23.6. The van der Waals surface area contributed by atoms with Gasteiger partial charge in [-0.2, -0.15) is 0 Å². The minimum Gasteiger partial charge on any atom is -0.394 e. The van der Waals surface area contributed by atoms with Gasteiger partial charge in [0.05, 0.1) is 19.8 Å². The Morgan fingerprint density at radius 1 is 0.923 bits per heavy atom. The molecular weight excluding hydrogens is 332 g/mol. The molecule has 1 saturated heterocycles. The second-order valence-electron chi connectivity index (χ2n) is 7.35. The van der Waals surface area contributed by atoms with Gasteiger partial charge in [-0.3, -0.25) is 0 Å². The Morgan fingerprint density at radius 3 is 2.15 bits per heavy atom. The highest BCUT2D eigenvalue weighted by Gasteiger charge is 2.38. The molecule has 1 heterocycles. The molecule has 0 aromatic rings. The lowest BCUT2D eigenvalue weighted by Crippen LogP contribution is -2.55. The highest BCUT2D eigenvalue weighted by Crippen LogP contribution is 2.18. The Hall–Kier alpha value is -0.460. The Labute approximate surface area is 159 Å². The number of aliphatic hydroxyl groups is 3. The minimum atomic E-state index is -1.02. The summed E-state index contributed by atoms with van der Waals surface area (Å²) in [7, 11) is 0. The molecule has 3 N–H and O–H groups in total. The average molecular weight is 373 g/mol. The molecule has 0 unspecified atom stereocenters. The zero-order valence-corrected chi connectivity index (χ0v) is 16.5. The van der Waals surface area contributed by atoms with Crippen molar-refractivity contribution in [1.29, 1.82) is 0 Å². The van der Waals surface area contributed by atoms with Gasteiger partial charge < -0.3 is 24.8 Å². The van der Waals surface area contributed by atoms with Gasteiger partial charge in [-0.05, 0) is 12.8 Å². The largest absolute Gasteiger partial charge is 0.394 e. The number of allylic oxidation sites excluding steroid dienone is 1. The number of unbranched alkanes of at least 4 members (excludes halogenated alkanes) is 10. The summed E-state index contributed by atoms with van der Waals surface area (Å²) >= 11 is 0. The van der Waals surface area contributed by atoms with Gasteiger partial charge in [0, 0.05) is 0 Å². The number of hydrogen-bond donors (Lipinski definition) is 3. The molecule has 4 atom stereocenters. The summed E-state index contributed by atoms with van der Waals surface area (Å²) in [5.74, 6) is 0. The monoisotopic (exact) mass is 372 g/mol. The van der Waals surface area contributed by atoms with Gasteiger partial charge in [0.15, 0.2) is 0 Å². The quantitative estimate of drug-likeness (QED) is 0.303. The molecule has 1 aliphatic heterocycles.